The first-order valence-corrected chi connectivity index (χ1v) is 10.2. The van der Waals surface area contributed by atoms with Crippen LogP contribution in [0.2, 0.25) is 0 Å². The minimum absolute atomic E-state index is 0.0912. The first kappa shape index (κ1) is 21.8. The Balaban J connectivity index is 1.61. The van der Waals surface area contributed by atoms with Crippen LogP contribution in [0, 0.1) is 5.82 Å². The van der Waals surface area contributed by atoms with Gasteiger partial charge in [0.05, 0.1) is 11.5 Å². The van der Waals surface area contributed by atoms with Crippen molar-refractivity contribution < 1.29 is 28.2 Å². The number of hydrogen-bond donors (Lipinski definition) is 0. The zero-order valence-corrected chi connectivity index (χ0v) is 17.6. The third-order valence-electron chi connectivity index (χ3n) is 5.09. The number of halogens is 1. The second-order valence-corrected chi connectivity index (χ2v) is 8.06. The van der Waals surface area contributed by atoms with Gasteiger partial charge in [0.2, 0.25) is 0 Å². The summed E-state index contributed by atoms with van der Waals surface area (Å²) in [6, 6.07) is 10.7. The Morgan fingerprint density at radius 1 is 1.20 bits per heavy atom. The van der Waals surface area contributed by atoms with Crippen LogP contribution < -0.4 is 9.47 Å². The van der Waals surface area contributed by atoms with Crippen LogP contribution in [0.15, 0.2) is 42.5 Å². The van der Waals surface area contributed by atoms with Gasteiger partial charge in [-0.25, -0.2) is 9.18 Å². The molecule has 0 saturated carbocycles. The van der Waals surface area contributed by atoms with Crippen molar-refractivity contribution in [1.29, 1.82) is 0 Å². The van der Waals surface area contributed by atoms with Gasteiger partial charge in [-0.15, -0.1) is 0 Å². The lowest BCUT2D eigenvalue weighted by Gasteiger charge is -2.26. The van der Waals surface area contributed by atoms with Crippen molar-refractivity contribution in [2.75, 3.05) is 13.2 Å². The Labute approximate surface area is 176 Å². The summed E-state index contributed by atoms with van der Waals surface area (Å²) in [7, 11) is 0. The molecule has 3 rings (SSSR count). The van der Waals surface area contributed by atoms with Gasteiger partial charge in [0.25, 0.3) is 0 Å². The van der Waals surface area contributed by atoms with Gasteiger partial charge in [0.15, 0.2) is 12.4 Å². The van der Waals surface area contributed by atoms with Crippen LogP contribution in [0.3, 0.4) is 0 Å². The Morgan fingerprint density at radius 2 is 1.93 bits per heavy atom. The van der Waals surface area contributed by atoms with E-state index in [1.165, 1.54) is 12.1 Å². The van der Waals surface area contributed by atoms with Crippen molar-refractivity contribution in [3.63, 3.8) is 0 Å². The SMILES string of the molecule is CCCCC(C)(C)OC(=O)COc1ccc2c(c1)OCC(c1ccc(F)cc1)C2=O. The second kappa shape index (κ2) is 9.28. The maximum absolute atomic E-state index is 13.1. The Morgan fingerprint density at radius 3 is 2.63 bits per heavy atom. The summed E-state index contributed by atoms with van der Waals surface area (Å²) in [6.45, 7) is 5.80. The average Bonchev–Trinajstić information content (AvgIpc) is 2.71. The van der Waals surface area contributed by atoms with Gasteiger partial charge in [-0.1, -0.05) is 25.5 Å². The predicted octanol–water partition coefficient (Wildman–Crippen LogP) is 5.08. The summed E-state index contributed by atoms with van der Waals surface area (Å²) in [5, 5.41) is 0. The normalized spacial score (nSPS) is 15.9. The Hall–Kier alpha value is -2.89. The molecule has 0 saturated heterocycles. The summed E-state index contributed by atoms with van der Waals surface area (Å²) in [4.78, 5) is 24.9. The topological polar surface area (TPSA) is 61.8 Å². The number of benzene rings is 2. The second-order valence-electron chi connectivity index (χ2n) is 8.06. The smallest absolute Gasteiger partial charge is 0.344 e. The molecule has 5 nitrogen and oxygen atoms in total. The molecule has 1 heterocycles. The molecule has 0 amide bonds. The number of Topliss-reactive ketones (excluding diaryl/α,β-unsaturated/α-hetero) is 1. The number of carbonyl (C=O) groups is 2. The summed E-state index contributed by atoms with van der Waals surface area (Å²) in [5.74, 6) is -0.533. The first-order chi connectivity index (χ1) is 14.3. The van der Waals surface area contributed by atoms with Gasteiger partial charge in [-0.05, 0) is 56.5 Å². The number of esters is 1. The molecule has 0 radical (unpaired) electrons. The van der Waals surface area contributed by atoms with E-state index in [4.69, 9.17) is 14.2 Å². The lowest BCUT2D eigenvalue weighted by Crippen LogP contribution is -2.30. The molecule has 0 N–H and O–H groups in total. The zero-order valence-electron chi connectivity index (χ0n) is 17.6. The molecule has 2 aromatic rings. The van der Waals surface area contributed by atoms with Crippen LogP contribution in [0.4, 0.5) is 4.39 Å². The van der Waals surface area contributed by atoms with Crippen molar-refractivity contribution in [3.8, 4) is 11.5 Å². The molecule has 30 heavy (non-hydrogen) atoms. The fourth-order valence-corrected chi connectivity index (χ4v) is 3.43. The van der Waals surface area contributed by atoms with E-state index >= 15 is 0 Å². The molecule has 0 fully saturated rings. The van der Waals surface area contributed by atoms with Gasteiger partial charge in [0.1, 0.15) is 29.5 Å². The maximum atomic E-state index is 13.1. The van der Waals surface area contributed by atoms with Crippen LogP contribution in [0.1, 0.15) is 61.9 Å². The highest BCUT2D eigenvalue weighted by Gasteiger charge is 2.30. The lowest BCUT2D eigenvalue weighted by molar-refractivity contribution is -0.159. The van der Waals surface area contributed by atoms with E-state index in [1.807, 2.05) is 13.8 Å². The molecule has 160 valence electrons. The van der Waals surface area contributed by atoms with E-state index in [-0.39, 0.29) is 24.8 Å². The molecule has 0 aromatic heterocycles. The molecule has 2 aromatic carbocycles. The highest BCUT2D eigenvalue weighted by molar-refractivity contribution is 6.04. The molecule has 0 aliphatic carbocycles. The number of ketones is 1. The molecule has 6 heteroatoms. The van der Waals surface area contributed by atoms with E-state index in [2.05, 4.69) is 6.92 Å². The van der Waals surface area contributed by atoms with Crippen LogP contribution in [0.25, 0.3) is 0 Å². The Bertz CT molecular complexity index is 904. The molecule has 1 aliphatic rings. The number of ether oxygens (including phenoxy) is 3. The van der Waals surface area contributed by atoms with Gasteiger partial charge < -0.3 is 14.2 Å². The van der Waals surface area contributed by atoms with Crippen LogP contribution >= 0.6 is 0 Å². The standard InChI is InChI=1S/C24H27FO5/c1-4-5-12-24(2,3)30-22(26)15-28-18-10-11-19-21(13-18)29-14-20(23(19)27)16-6-8-17(25)9-7-16/h6-11,13,20H,4-5,12,14-15H2,1-3H3. The Kier molecular flexibility index (Phi) is 6.75. The number of rotatable bonds is 8. The first-order valence-electron chi connectivity index (χ1n) is 10.2. The van der Waals surface area contributed by atoms with Crippen molar-refractivity contribution in [1.82, 2.24) is 0 Å². The summed E-state index contributed by atoms with van der Waals surface area (Å²) < 4.78 is 29.9. The van der Waals surface area contributed by atoms with Gasteiger partial charge in [0, 0.05) is 6.07 Å². The highest BCUT2D eigenvalue weighted by Crippen LogP contribution is 2.35. The molecule has 1 aliphatic heterocycles. The number of fused-ring (bicyclic) bond motifs is 1. The third kappa shape index (κ3) is 5.38. The molecule has 0 spiro atoms. The van der Waals surface area contributed by atoms with E-state index in [0.717, 1.165) is 19.3 Å². The van der Waals surface area contributed by atoms with E-state index in [1.54, 1.807) is 30.3 Å². The summed E-state index contributed by atoms with van der Waals surface area (Å²) in [5.41, 5.74) is 0.615. The van der Waals surface area contributed by atoms with Gasteiger partial charge in [-0.2, -0.15) is 0 Å². The molecule has 1 unspecified atom stereocenters. The summed E-state index contributed by atoms with van der Waals surface area (Å²) in [6.07, 6.45) is 2.81. The van der Waals surface area contributed by atoms with Crippen molar-refractivity contribution in [2.24, 2.45) is 0 Å². The molecule has 1 atom stereocenters. The van der Waals surface area contributed by atoms with E-state index < -0.39 is 17.5 Å². The third-order valence-corrected chi connectivity index (χ3v) is 5.09. The fraction of sp³-hybridized carbons (Fsp3) is 0.417. The molecule has 0 bridgehead atoms. The zero-order chi connectivity index (χ0) is 21.7. The number of hydrogen-bond acceptors (Lipinski definition) is 5. The predicted molar refractivity (Wildman–Crippen MR) is 111 cm³/mol. The lowest BCUT2D eigenvalue weighted by atomic mass is 9.89. The minimum atomic E-state index is -0.531. The van der Waals surface area contributed by atoms with Gasteiger partial charge in [-0.3, -0.25) is 4.79 Å². The largest absolute Gasteiger partial charge is 0.492 e. The number of unbranched alkanes of at least 4 members (excludes halogenated alkanes) is 1. The number of carbonyl (C=O) groups excluding carboxylic acids is 2. The molecular weight excluding hydrogens is 387 g/mol. The van der Waals surface area contributed by atoms with Crippen LogP contribution in [-0.4, -0.2) is 30.6 Å². The highest BCUT2D eigenvalue weighted by atomic mass is 19.1. The van der Waals surface area contributed by atoms with Crippen molar-refractivity contribution in [3.05, 3.63) is 59.4 Å². The average molecular weight is 414 g/mol. The van der Waals surface area contributed by atoms with Gasteiger partial charge >= 0.3 is 5.97 Å². The monoisotopic (exact) mass is 414 g/mol. The quantitative estimate of drug-likeness (QED) is 0.564. The van der Waals surface area contributed by atoms with E-state index in [0.29, 0.717) is 22.6 Å². The van der Waals surface area contributed by atoms with Crippen molar-refractivity contribution >= 4 is 11.8 Å². The maximum Gasteiger partial charge on any atom is 0.344 e. The van der Waals surface area contributed by atoms with Crippen LogP contribution in [0.5, 0.6) is 11.5 Å². The fourth-order valence-electron chi connectivity index (χ4n) is 3.43. The molecular formula is C24H27FO5. The minimum Gasteiger partial charge on any atom is -0.492 e. The van der Waals surface area contributed by atoms with E-state index in [9.17, 15) is 14.0 Å². The van der Waals surface area contributed by atoms with Crippen LogP contribution in [-0.2, 0) is 9.53 Å². The summed E-state index contributed by atoms with van der Waals surface area (Å²) >= 11 is 0. The van der Waals surface area contributed by atoms with Crippen molar-refractivity contribution in [2.45, 2.75) is 51.6 Å².